The predicted molar refractivity (Wildman–Crippen MR) is 51.5 cm³/mol. The number of anilines is 1. The average Bonchev–Trinajstić information content (AvgIpc) is 2.75. The van der Waals surface area contributed by atoms with Crippen molar-refractivity contribution in [3.63, 3.8) is 0 Å². The number of hydrogen-bond acceptors (Lipinski definition) is 4. The highest BCUT2D eigenvalue weighted by atomic mass is 32.1. The minimum Gasteiger partial charge on any atom is -0.365 e. The molecule has 1 aliphatic rings. The van der Waals surface area contributed by atoms with E-state index in [9.17, 15) is 0 Å². The summed E-state index contributed by atoms with van der Waals surface area (Å²) in [4.78, 5) is 4.40. The molecule has 1 atom stereocenters. The summed E-state index contributed by atoms with van der Waals surface area (Å²) >= 11 is 1.64. The van der Waals surface area contributed by atoms with Crippen molar-refractivity contribution >= 4 is 16.5 Å². The van der Waals surface area contributed by atoms with Crippen molar-refractivity contribution < 1.29 is 0 Å². The first-order valence-electron chi connectivity index (χ1n) is 3.93. The lowest BCUT2D eigenvalue weighted by Gasteiger charge is -2.03. The highest BCUT2D eigenvalue weighted by Gasteiger charge is 2.13. The van der Waals surface area contributed by atoms with Gasteiger partial charge in [0.05, 0.1) is 11.7 Å². The monoisotopic (exact) mass is 181 g/mol. The van der Waals surface area contributed by atoms with Gasteiger partial charge >= 0.3 is 0 Å². The minimum absolute atomic E-state index is 0.323. The first-order chi connectivity index (χ1) is 5.90. The smallest absolute Gasteiger partial charge is 0.182 e. The fourth-order valence-corrected chi connectivity index (χ4v) is 1.92. The Morgan fingerprint density at radius 2 is 2.67 bits per heavy atom. The molecule has 0 saturated carbocycles. The van der Waals surface area contributed by atoms with Crippen molar-refractivity contribution in [3.05, 3.63) is 23.2 Å². The maximum absolute atomic E-state index is 4.40. The molecule has 0 amide bonds. The molecule has 0 spiro atoms. The molecule has 2 N–H and O–H groups in total. The standard InChI is InChI=1S/C8H11N3S/c1-9-8-11-7(5-12-8)6-3-2-4-10-6/h2-3,5-6,10H,4H2,1H3,(H,9,11)/t6-/m1/s1. The molecule has 0 aromatic carbocycles. The summed E-state index contributed by atoms with van der Waals surface area (Å²) < 4.78 is 0. The van der Waals surface area contributed by atoms with Gasteiger partial charge in [-0.2, -0.15) is 0 Å². The molecule has 0 saturated heterocycles. The van der Waals surface area contributed by atoms with E-state index >= 15 is 0 Å². The van der Waals surface area contributed by atoms with E-state index in [1.54, 1.807) is 11.3 Å². The molecule has 1 aliphatic heterocycles. The maximum Gasteiger partial charge on any atom is 0.182 e. The average molecular weight is 181 g/mol. The van der Waals surface area contributed by atoms with Gasteiger partial charge in [0.1, 0.15) is 0 Å². The predicted octanol–water partition coefficient (Wildman–Crippen LogP) is 1.39. The van der Waals surface area contributed by atoms with Gasteiger partial charge < -0.3 is 10.6 Å². The molecule has 2 heterocycles. The lowest BCUT2D eigenvalue weighted by Crippen LogP contribution is -2.13. The molecular formula is C8H11N3S. The highest BCUT2D eigenvalue weighted by Crippen LogP contribution is 2.22. The Bertz CT molecular complexity index is 292. The van der Waals surface area contributed by atoms with E-state index < -0.39 is 0 Å². The van der Waals surface area contributed by atoms with Gasteiger partial charge in [-0.25, -0.2) is 4.98 Å². The van der Waals surface area contributed by atoms with Crippen LogP contribution in [0.5, 0.6) is 0 Å². The molecule has 0 bridgehead atoms. The minimum atomic E-state index is 0.323. The Balaban J connectivity index is 2.16. The second kappa shape index (κ2) is 3.25. The molecule has 12 heavy (non-hydrogen) atoms. The van der Waals surface area contributed by atoms with Gasteiger partial charge in [0.25, 0.3) is 0 Å². The van der Waals surface area contributed by atoms with Gasteiger partial charge in [0, 0.05) is 19.0 Å². The molecule has 64 valence electrons. The van der Waals surface area contributed by atoms with Crippen molar-refractivity contribution in [2.45, 2.75) is 6.04 Å². The first-order valence-corrected chi connectivity index (χ1v) is 4.81. The Morgan fingerprint density at radius 1 is 1.75 bits per heavy atom. The molecule has 0 unspecified atom stereocenters. The number of aromatic nitrogens is 1. The van der Waals surface area contributed by atoms with Gasteiger partial charge in [-0.3, -0.25) is 0 Å². The van der Waals surface area contributed by atoms with Gasteiger partial charge in [0.2, 0.25) is 0 Å². The summed E-state index contributed by atoms with van der Waals surface area (Å²) in [5.74, 6) is 0. The van der Waals surface area contributed by atoms with Crippen LogP contribution in [-0.2, 0) is 0 Å². The van der Waals surface area contributed by atoms with E-state index in [1.165, 1.54) is 0 Å². The maximum atomic E-state index is 4.40. The van der Waals surface area contributed by atoms with Crippen LogP contribution in [0.25, 0.3) is 0 Å². The van der Waals surface area contributed by atoms with Crippen molar-refractivity contribution in [2.24, 2.45) is 0 Å². The number of nitrogens with zero attached hydrogens (tertiary/aromatic N) is 1. The zero-order valence-corrected chi connectivity index (χ0v) is 7.69. The molecular weight excluding hydrogens is 170 g/mol. The van der Waals surface area contributed by atoms with Gasteiger partial charge in [-0.15, -0.1) is 11.3 Å². The molecule has 1 aromatic heterocycles. The van der Waals surface area contributed by atoms with Crippen LogP contribution in [0.1, 0.15) is 11.7 Å². The zero-order chi connectivity index (χ0) is 8.39. The van der Waals surface area contributed by atoms with E-state index in [4.69, 9.17) is 0 Å². The third-order valence-electron chi connectivity index (χ3n) is 1.84. The summed E-state index contributed by atoms with van der Waals surface area (Å²) in [6.07, 6.45) is 4.28. The van der Waals surface area contributed by atoms with Crippen LogP contribution in [0, 0.1) is 0 Å². The topological polar surface area (TPSA) is 37.0 Å². The molecule has 0 aliphatic carbocycles. The number of rotatable bonds is 2. The lowest BCUT2D eigenvalue weighted by atomic mass is 10.2. The van der Waals surface area contributed by atoms with Crippen LogP contribution in [0.15, 0.2) is 17.5 Å². The summed E-state index contributed by atoms with van der Waals surface area (Å²) in [5.41, 5.74) is 1.11. The van der Waals surface area contributed by atoms with E-state index in [0.717, 1.165) is 17.4 Å². The molecule has 3 nitrogen and oxygen atoms in total. The van der Waals surface area contributed by atoms with Crippen LogP contribution in [0.4, 0.5) is 5.13 Å². The van der Waals surface area contributed by atoms with E-state index in [0.29, 0.717) is 6.04 Å². The summed E-state index contributed by atoms with van der Waals surface area (Å²) in [6.45, 7) is 0.955. The van der Waals surface area contributed by atoms with E-state index in [2.05, 4.69) is 33.1 Å². The van der Waals surface area contributed by atoms with Crippen molar-refractivity contribution in [3.8, 4) is 0 Å². The second-order valence-electron chi connectivity index (χ2n) is 2.64. The molecule has 0 fully saturated rings. The third kappa shape index (κ3) is 1.35. The van der Waals surface area contributed by atoms with Gasteiger partial charge in [-0.05, 0) is 0 Å². The van der Waals surface area contributed by atoms with Crippen molar-refractivity contribution in [1.82, 2.24) is 10.3 Å². The first kappa shape index (κ1) is 7.76. The second-order valence-corrected chi connectivity index (χ2v) is 3.50. The van der Waals surface area contributed by atoms with Crippen molar-refractivity contribution in [2.75, 3.05) is 18.9 Å². The Hall–Kier alpha value is -0.870. The molecule has 2 rings (SSSR count). The Morgan fingerprint density at radius 3 is 3.25 bits per heavy atom. The van der Waals surface area contributed by atoms with E-state index in [-0.39, 0.29) is 0 Å². The quantitative estimate of drug-likeness (QED) is 0.677. The number of nitrogens with one attached hydrogen (secondary N) is 2. The number of hydrogen-bond donors (Lipinski definition) is 2. The van der Waals surface area contributed by atoms with Crippen LogP contribution in [-0.4, -0.2) is 18.6 Å². The fourth-order valence-electron chi connectivity index (χ4n) is 1.21. The third-order valence-corrected chi connectivity index (χ3v) is 2.72. The fraction of sp³-hybridized carbons (Fsp3) is 0.375. The Labute approximate surface area is 75.5 Å². The van der Waals surface area contributed by atoms with Gasteiger partial charge in [-0.1, -0.05) is 12.2 Å². The molecule has 4 heteroatoms. The zero-order valence-electron chi connectivity index (χ0n) is 6.87. The highest BCUT2D eigenvalue weighted by molar-refractivity contribution is 7.13. The van der Waals surface area contributed by atoms with Crippen LogP contribution in [0.3, 0.4) is 0 Å². The normalized spacial score (nSPS) is 21.6. The SMILES string of the molecule is CNc1nc([C@H]2C=CCN2)cs1. The summed E-state index contributed by atoms with van der Waals surface area (Å²) in [6, 6.07) is 0.323. The lowest BCUT2D eigenvalue weighted by molar-refractivity contribution is 0.697. The van der Waals surface area contributed by atoms with Crippen molar-refractivity contribution in [1.29, 1.82) is 0 Å². The molecule has 0 radical (unpaired) electrons. The van der Waals surface area contributed by atoms with Crippen LogP contribution >= 0.6 is 11.3 Å². The molecule has 1 aromatic rings. The largest absolute Gasteiger partial charge is 0.365 e. The van der Waals surface area contributed by atoms with Gasteiger partial charge in [0.15, 0.2) is 5.13 Å². The van der Waals surface area contributed by atoms with Crippen LogP contribution < -0.4 is 10.6 Å². The Kier molecular flexibility index (Phi) is 2.10. The number of thiazole rings is 1. The van der Waals surface area contributed by atoms with Crippen LogP contribution in [0.2, 0.25) is 0 Å². The summed E-state index contributed by atoms with van der Waals surface area (Å²) in [7, 11) is 1.89. The van der Waals surface area contributed by atoms with E-state index in [1.807, 2.05) is 7.05 Å². The summed E-state index contributed by atoms with van der Waals surface area (Å²) in [5, 5.41) is 9.40.